The smallest absolute Gasteiger partial charge is 0.164 e. The first kappa shape index (κ1) is 29.8. The second-order valence-electron chi connectivity index (χ2n) is 12.9. The van der Waals surface area contributed by atoms with Gasteiger partial charge in [0.05, 0.1) is 11.4 Å². The lowest BCUT2D eigenvalue weighted by Gasteiger charge is -2.28. The molecule has 2 heterocycles. The van der Waals surface area contributed by atoms with E-state index in [1.54, 1.807) is 0 Å². The van der Waals surface area contributed by atoms with Crippen LogP contribution in [0.4, 0.5) is 17.1 Å². The number of fused-ring (bicyclic) bond motifs is 5. The minimum Gasteiger partial charge on any atom is -0.456 e. The summed E-state index contributed by atoms with van der Waals surface area (Å²) in [6, 6.07) is 62.9. The van der Waals surface area contributed by atoms with E-state index in [0.717, 1.165) is 55.7 Å². The van der Waals surface area contributed by atoms with Gasteiger partial charge < -0.3 is 9.32 Å². The molecule has 0 bridgehead atoms. The molecule has 244 valence electrons. The number of anilines is 3. The largest absolute Gasteiger partial charge is 0.456 e. The molecule has 0 fully saturated rings. The maximum absolute atomic E-state index is 6.54. The molecular weight excluding hydrogens is 637 g/mol. The van der Waals surface area contributed by atoms with Crippen molar-refractivity contribution in [2.24, 2.45) is 0 Å². The van der Waals surface area contributed by atoms with E-state index in [4.69, 9.17) is 19.4 Å². The van der Waals surface area contributed by atoms with Gasteiger partial charge in [-0.25, -0.2) is 15.0 Å². The average Bonchev–Trinajstić information content (AvgIpc) is 3.59. The Morgan fingerprint density at radius 2 is 0.865 bits per heavy atom. The fraction of sp³-hybridized carbons (Fsp3) is 0. The first-order valence-electron chi connectivity index (χ1n) is 17.4. The van der Waals surface area contributed by atoms with Gasteiger partial charge in [-0.2, -0.15) is 0 Å². The molecule has 5 heteroatoms. The van der Waals surface area contributed by atoms with Crippen molar-refractivity contribution in [1.82, 2.24) is 15.0 Å². The molecule has 0 radical (unpaired) electrons. The Hall–Kier alpha value is -7.11. The number of rotatable bonds is 6. The monoisotopic (exact) mass is 666 g/mol. The van der Waals surface area contributed by atoms with Crippen LogP contribution >= 0.6 is 0 Å². The Bertz CT molecular complexity index is 2770. The summed E-state index contributed by atoms with van der Waals surface area (Å²) in [6.45, 7) is 0. The van der Waals surface area contributed by atoms with E-state index in [2.05, 4.69) is 120 Å². The number of aromatic nitrogens is 3. The van der Waals surface area contributed by atoms with E-state index in [9.17, 15) is 0 Å². The molecule has 0 saturated carbocycles. The Morgan fingerprint density at radius 3 is 1.46 bits per heavy atom. The molecule has 0 aliphatic carbocycles. The van der Waals surface area contributed by atoms with Gasteiger partial charge in [-0.15, -0.1) is 0 Å². The molecular formula is C47H30N4O. The van der Waals surface area contributed by atoms with Gasteiger partial charge in [-0.1, -0.05) is 140 Å². The third-order valence-electron chi connectivity index (χ3n) is 9.69. The summed E-state index contributed by atoms with van der Waals surface area (Å²) in [7, 11) is 0. The third-order valence-corrected chi connectivity index (χ3v) is 9.69. The van der Waals surface area contributed by atoms with Crippen molar-refractivity contribution in [1.29, 1.82) is 0 Å². The SMILES string of the molecule is c1ccc(-c2nc(-c3ccccc3)nc(-c3ccc4c(c3)oc3ccc(N(c5cccc6ccccc56)c5cccc6ccccc56)cc34)n2)cc1. The molecule has 0 amide bonds. The highest BCUT2D eigenvalue weighted by atomic mass is 16.3. The van der Waals surface area contributed by atoms with Crippen LogP contribution in [0.15, 0.2) is 186 Å². The molecule has 2 aromatic heterocycles. The molecule has 5 nitrogen and oxygen atoms in total. The van der Waals surface area contributed by atoms with Crippen LogP contribution in [-0.2, 0) is 0 Å². The molecule has 0 aliphatic heterocycles. The average molecular weight is 667 g/mol. The van der Waals surface area contributed by atoms with Crippen LogP contribution in [0.1, 0.15) is 0 Å². The first-order valence-corrected chi connectivity index (χ1v) is 17.4. The zero-order chi connectivity index (χ0) is 34.4. The predicted octanol–water partition coefficient (Wildman–Crippen LogP) is 12.5. The second kappa shape index (κ2) is 12.3. The van der Waals surface area contributed by atoms with Crippen LogP contribution in [-0.4, -0.2) is 15.0 Å². The van der Waals surface area contributed by atoms with Crippen molar-refractivity contribution in [2.75, 3.05) is 4.90 Å². The van der Waals surface area contributed by atoms with E-state index in [1.165, 1.54) is 21.5 Å². The van der Waals surface area contributed by atoms with Crippen LogP contribution in [0.2, 0.25) is 0 Å². The fourth-order valence-electron chi connectivity index (χ4n) is 7.20. The topological polar surface area (TPSA) is 55.1 Å². The zero-order valence-electron chi connectivity index (χ0n) is 28.0. The quantitative estimate of drug-likeness (QED) is 0.177. The highest BCUT2D eigenvalue weighted by Crippen LogP contribution is 2.44. The second-order valence-corrected chi connectivity index (χ2v) is 12.9. The minimum absolute atomic E-state index is 0.592. The summed E-state index contributed by atoms with van der Waals surface area (Å²) in [5.74, 6) is 1.84. The Labute approximate surface area is 300 Å². The summed E-state index contributed by atoms with van der Waals surface area (Å²) >= 11 is 0. The van der Waals surface area contributed by atoms with Gasteiger partial charge in [-0.05, 0) is 53.2 Å². The van der Waals surface area contributed by atoms with Crippen molar-refractivity contribution in [3.8, 4) is 34.2 Å². The number of hydrogen-bond acceptors (Lipinski definition) is 5. The van der Waals surface area contributed by atoms with Gasteiger partial charge in [0, 0.05) is 43.9 Å². The summed E-state index contributed by atoms with van der Waals surface area (Å²) in [5, 5.41) is 6.81. The Morgan fingerprint density at radius 1 is 0.346 bits per heavy atom. The highest BCUT2D eigenvalue weighted by Gasteiger charge is 2.20. The Kier molecular flexibility index (Phi) is 7.07. The van der Waals surface area contributed by atoms with Gasteiger partial charge >= 0.3 is 0 Å². The number of benzene rings is 8. The Balaban J connectivity index is 1.14. The molecule has 8 aromatic carbocycles. The molecule has 0 spiro atoms. The lowest BCUT2D eigenvalue weighted by Crippen LogP contribution is -2.11. The third kappa shape index (κ3) is 5.15. The predicted molar refractivity (Wildman–Crippen MR) is 213 cm³/mol. The maximum Gasteiger partial charge on any atom is 0.164 e. The van der Waals surface area contributed by atoms with Crippen LogP contribution in [0, 0.1) is 0 Å². The van der Waals surface area contributed by atoms with Crippen molar-refractivity contribution in [3.05, 3.63) is 182 Å². The van der Waals surface area contributed by atoms with Crippen molar-refractivity contribution < 1.29 is 4.42 Å². The standard InChI is InChI=1S/C47H30N4O/c1-3-15-33(16-4-1)45-48-46(34-17-5-2-6-18-34)50-47(49-45)35-25-27-39-40-30-36(26-28-43(40)52-44(39)29-35)51(41-23-11-19-31-13-7-9-21-37(31)41)42-24-12-20-32-14-8-10-22-38(32)42/h1-30H. The molecule has 10 rings (SSSR count). The summed E-state index contributed by atoms with van der Waals surface area (Å²) < 4.78 is 6.54. The van der Waals surface area contributed by atoms with Crippen LogP contribution < -0.4 is 4.90 Å². The normalized spacial score (nSPS) is 11.5. The molecule has 10 aromatic rings. The minimum atomic E-state index is 0.592. The molecule has 0 atom stereocenters. The van der Waals surface area contributed by atoms with Gasteiger partial charge in [0.2, 0.25) is 0 Å². The van der Waals surface area contributed by atoms with Crippen molar-refractivity contribution >= 4 is 60.5 Å². The van der Waals surface area contributed by atoms with E-state index < -0.39 is 0 Å². The first-order chi connectivity index (χ1) is 25.8. The van der Waals surface area contributed by atoms with Crippen molar-refractivity contribution in [2.45, 2.75) is 0 Å². The molecule has 52 heavy (non-hydrogen) atoms. The lowest BCUT2D eigenvalue weighted by molar-refractivity contribution is 0.669. The van der Waals surface area contributed by atoms with E-state index in [-0.39, 0.29) is 0 Å². The van der Waals surface area contributed by atoms with Crippen LogP contribution in [0.25, 0.3) is 77.6 Å². The van der Waals surface area contributed by atoms with Crippen molar-refractivity contribution in [3.63, 3.8) is 0 Å². The van der Waals surface area contributed by atoms with E-state index in [0.29, 0.717) is 17.5 Å². The van der Waals surface area contributed by atoms with E-state index >= 15 is 0 Å². The van der Waals surface area contributed by atoms with Crippen LogP contribution in [0.3, 0.4) is 0 Å². The van der Waals surface area contributed by atoms with Crippen LogP contribution in [0.5, 0.6) is 0 Å². The molecule has 0 unspecified atom stereocenters. The van der Waals surface area contributed by atoms with Gasteiger partial charge in [-0.3, -0.25) is 0 Å². The fourth-order valence-corrected chi connectivity index (χ4v) is 7.20. The van der Waals surface area contributed by atoms with Gasteiger partial charge in [0.1, 0.15) is 11.2 Å². The summed E-state index contributed by atoms with van der Waals surface area (Å²) in [4.78, 5) is 17.1. The van der Waals surface area contributed by atoms with E-state index in [1.807, 2.05) is 66.7 Å². The van der Waals surface area contributed by atoms with Gasteiger partial charge in [0.15, 0.2) is 17.5 Å². The van der Waals surface area contributed by atoms with Gasteiger partial charge in [0.25, 0.3) is 0 Å². The summed E-state index contributed by atoms with van der Waals surface area (Å²) in [5.41, 5.74) is 7.59. The lowest BCUT2D eigenvalue weighted by atomic mass is 10.0. The maximum atomic E-state index is 6.54. The number of nitrogens with zero attached hydrogens (tertiary/aromatic N) is 4. The summed E-state index contributed by atoms with van der Waals surface area (Å²) in [6.07, 6.45) is 0. The molecule has 0 saturated heterocycles. The molecule has 0 aliphatic rings. The number of hydrogen-bond donors (Lipinski definition) is 0. The zero-order valence-corrected chi connectivity index (χ0v) is 28.0. The number of furan rings is 1. The highest BCUT2D eigenvalue weighted by molar-refractivity contribution is 6.10. The molecule has 0 N–H and O–H groups in total.